The summed E-state index contributed by atoms with van der Waals surface area (Å²) in [5.41, 5.74) is 3.12. The summed E-state index contributed by atoms with van der Waals surface area (Å²) >= 11 is 3.41. The van der Waals surface area contributed by atoms with Crippen LogP contribution in [-0.4, -0.2) is 18.0 Å². The maximum Gasteiger partial charge on any atom is 0.266 e. The molecule has 0 aliphatic heterocycles. The van der Waals surface area contributed by atoms with Crippen molar-refractivity contribution in [1.29, 1.82) is 0 Å². The van der Waals surface area contributed by atoms with Crippen LogP contribution in [0, 0.1) is 0 Å². The number of pyridine rings is 1. The summed E-state index contributed by atoms with van der Waals surface area (Å²) in [4.78, 5) is 15.5. The molecule has 1 aromatic heterocycles. The number of carbonyl (C=O) groups excluding carboxylic acids is 1. The number of nitrogen functional groups attached to an aromatic ring is 1. The first kappa shape index (κ1) is 15.3. The van der Waals surface area contributed by atoms with Gasteiger partial charge in [-0.3, -0.25) is 15.2 Å². The molecule has 0 bridgehead atoms. The standard InChI is InChI=1S/C14H14BrN3O3/c1-20-12-4-2-3-11(15)13(12)21-8-10-6-5-9(7-17-10)14(19)18-16/h2-7H,8,16H2,1H3,(H,18,19). The van der Waals surface area contributed by atoms with E-state index in [9.17, 15) is 4.79 Å². The fraction of sp³-hybridized carbons (Fsp3) is 0.143. The van der Waals surface area contributed by atoms with E-state index in [-0.39, 0.29) is 12.5 Å². The maximum absolute atomic E-state index is 11.3. The summed E-state index contributed by atoms with van der Waals surface area (Å²) in [7, 11) is 1.58. The first-order chi connectivity index (χ1) is 10.2. The number of hydrogen-bond acceptors (Lipinski definition) is 5. The van der Waals surface area contributed by atoms with E-state index < -0.39 is 0 Å². The van der Waals surface area contributed by atoms with Gasteiger partial charge >= 0.3 is 0 Å². The number of halogens is 1. The van der Waals surface area contributed by atoms with Gasteiger partial charge in [-0.15, -0.1) is 0 Å². The van der Waals surface area contributed by atoms with Crippen molar-refractivity contribution in [2.45, 2.75) is 6.61 Å². The number of carbonyl (C=O) groups is 1. The second kappa shape index (κ2) is 7.05. The highest BCUT2D eigenvalue weighted by Gasteiger charge is 2.09. The fourth-order valence-electron chi connectivity index (χ4n) is 1.66. The normalized spacial score (nSPS) is 10.0. The van der Waals surface area contributed by atoms with Crippen LogP contribution < -0.4 is 20.7 Å². The smallest absolute Gasteiger partial charge is 0.266 e. The summed E-state index contributed by atoms with van der Waals surface area (Å²) < 4.78 is 11.7. The van der Waals surface area contributed by atoms with Gasteiger partial charge in [0.15, 0.2) is 11.5 Å². The van der Waals surface area contributed by atoms with Crippen molar-refractivity contribution in [3.05, 3.63) is 52.3 Å². The summed E-state index contributed by atoms with van der Waals surface area (Å²) in [5, 5.41) is 0. The van der Waals surface area contributed by atoms with E-state index in [2.05, 4.69) is 20.9 Å². The lowest BCUT2D eigenvalue weighted by Gasteiger charge is -2.12. The Morgan fingerprint density at radius 1 is 1.38 bits per heavy atom. The van der Waals surface area contributed by atoms with Crippen molar-refractivity contribution in [2.75, 3.05) is 7.11 Å². The highest BCUT2D eigenvalue weighted by atomic mass is 79.9. The number of methoxy groups -OCH3 is 1. The lowest BCUT2D eigenvalue weighted by molar-refractivity contribution is 0.0953. The van der Waals surface area contributed by atoms with E-state index in [0.717, 1.165) is 4.47 Å². The van der Waals surface area contributed by atoms with Crippen molar-refractivity contribution in [3.8, 4) is 11.5 Å². The molecule has 1 amide bonds. The van der Waals surface area contributed by atoms with Gasteiger partial charge in [-0.25, -0.2) is 5.84 Å². The van der Waals surface area contributed by atoms with Crippen LogP contribution in [0.2, 0.25) is 0 Å². The van der Waals surface area contributed by atoms with Gasteiger partial charge < -0.3 is 9.47 Å². The molecule has 0 atom stereocenters. The van der Waals surface area contributed by atoms with E-state index >= 15 is 0 Å². The van der Waals surface area contributed by atoms with E-state index in [0.29, 0.717) is 22.8 Å². The average Bonchev–Trinajstić information content (AvgIpc) is 2.53. The van der Waals surface area contributed by atoms with E-state index in [1.54, 1.807) is 19.2 Å². The molecule has 0 fully saturated rings. The molecule has 0 aliphatic rings. The maximum atomic E-state index is 11.3. The van der Waals surface area contributed by atoms with Crippen molar-refractivity contribution in [3.63, 3.8) is 0 Å². The third kappa shape index (κ3) is 3.71. The number of nitrogens with one attached hydrogen (secondary N) is 1. The first-order valence-corrected chi connectivity index (χ1v) is 6.86. The quantitative estimate of drug-likeness (QED) is 0.489. The summed E-state index contributed by atoms with van der Waals surface area (Å²) in [5.74, 6) is 5.90. The zero-order chi connectivity index (χ0) is 15.2. The Balaban J connectivity index is 2.08. The zero-order valence-electron chi connectivity index (χ0n) is 11.3. The highest BCUT2D eigenvalue weighted by molar-refractivity contribution is 9.10. The van der Waals surface area contributed by atoms with Crippen molar-refractivity contribution in [2.24, 2.45) is 5.84 Å². The number of amides is 1. The van der Waals surface area contributed by atoms with Crippen molar-refractivity contribution < 1.29 is 14.3 Å². The fourth-order valence-corrected chi connectivity index (χ4v) is 2.13. The molecule has 0 saturated carbocycles. The molecular formula is C14H14BrN3O3. The minimum atomic E-state index is -0.387. The lowest BCUT2D eigenvalue weighted by atomic mass is 10.2. The molecule has 2 rings (SSSR count). The molecule has 6 nitrogen and oxygen atoms in total. The monoisotopic (exact) mass is 351 g/mol. The molecule has 2 aromatic rings. The van der Waals surface area contributed by atoms with Crippen LogP contribution in [0.3, 0.4) is 0 Å². The predicted octanol–water partition coefficient (Wildman–Crippen LogP) is 2.04. The number of para-hydroxylation sites is 1. The number of hydrogen-bond donors (Lipinski definition) is 2. The second-order valence-corrected chi connectivity index (χ2v) is 4.93. The average molecular weight is 352 g/mol. The molecule has 3 N–H and O–H groups in total. The molecule has 110 valence electrons. The largest absolute Gasteiger partial charge is 0.493 e. The van der Waals surface area contributed by atoms with Crippen LogP contribution in [0.5, 0.6) is 11.5 Å². The Hall–Kier alpha value is -2.12. The van der Waals surface area contributed by atoms with E-state index in [1.807, 2.05) is 23.6 Å². The van der Waals surface area contributed by atoms with Gasteiger partial charge in [0.25, 0.3) is 5.91 Å². The predicted molar refractivity (Wildman–Crippen MR) is 80.9 cm³/mol. The number of benzene rings is 1. The minimum absolute atomic E-state index is 0.253. The van der Waals surface area contributed by atoms with Crippen LogP contribution in [-0.2, 0) is 6.61 Å². The van der Waals surface area contributed by atoms with Gasteiger partial charge in [0.05, 0.1) is 22.8 Å². The lowest BCUT2D eigenvalue weighted by Crippen LogP contribution is -2.30. The van der Waals surface area contributed by atoms with Crippen LogP contribution >= 0.6 is 15.9 Å². The Kier molecular flexibility index (Phi) is 5.13. The van der Waals surface area contributed by atoms with Crippen molar-refractivity contribution >= 4 is 21.8 Å². The van der Waals surface area contributed by atoms with Gasteiger partial charge in [-0.1, -0.05) is 6.07 Å². The van der Waals surface area contributed by atoms with Gasteiger partial charge in [0.1, 0.15) is 6.61 Å². The molecule has 0 radical (unpaired) electrons. The van der Waals surface area contributed by atoms with Crippen molar-refractivity contribution in [1.82, 2.24) is 10.4 Å². The number of aromatic nitrogens is 1. The summed E-state index contributed by atoms with van der Waals surface area (Å²) in [6.07, 6.45) is 1.44. The third-order valence-electron chi connectivity index (χ3n) is 2.73. The van der Waals surface area contributed by atoms with Crippen LogP contribution in [0.4, 0.5) is 0 Å². The van der Waals surface area contributed by atoms with Gasteiger partial charge in [0, 0.05) is 6.20 Å². The number of ether oxygens (including phenoxy) is 2. The first-order valence-electron chi connectivity index (χ1n) is 6.07. The third-order valence-corrected chi connectivity index (χ3v) is 3.36. The summed E-state index contributed by atoms with van der Waals surface area (Å²) in [6.45, 7) is 0.253. The Morgan fingerprint density at radius 2 is 2.19 bits per heavy atom. The van der Waals surface area contributed by atoms with Crippen LogP contribution in [0.1, 0.15) is 16.1 Å². The molecule has 21 heavy (non-hydrogen) atoms. The molecule has 7 heteroatoms. The molecule has 0 spiro atoms. The van der Waals surface area contributed by atoms with Crippen LogP contribution in [0.25, 0.3) is 0 Å². The number of rotatable bonds is 5. The Labute approximate surface area is 130 Å². The molecule has 0 unspecified atom stereocenters. The highest BCUT2D eigenvalue weighted by Crippen LogP contribution is 2.35. The van der Waals surface area contributed by atoms with Gasteiger partial charge in [0.2, 0.25) is 0 Å². The summed E-state index contributed by atoms with van der Waals surface area (Å²) in [6, 6.07) is 8.86. The van der Waals surface area contributed by atoms with E-state index in [4.69, 9.17) is 15.3 Å². The molecular weight excluding hydrogens is 338 g/mol. The van der Waals surface area contributed by atoms with E-state index in [1.165, 1.54) is 6.20 Å². The zero-order valence-corrected chi connectivity index (χ0v) is 12.9. The molecule has 0 aliphatic carbocycles. The Morgan fingerprint density at radius 3 is 2.81 bits per heavy atom. The SMILES string of the molecule is COc1cccc(Br)c1OCc1ccc(C(=O)NN)cn1. The molecule has 1 aromatic carbocycles. The molecule has 1 heterocycles. The minimum Gasteiger partial charge on any atom is -0.493 e. The van der Waals surface area contributed by atoms with Gasteiger partial charge in [-0.2, -0.15) is 0 Å². The molecule has 0 saturated heterocycles. The number of nitrogens with zero attached hydrogens (tertiary/aromatic N) is 1. The number of hydrazine groups is 1. The van der Waals surface area contributed by atoms with Crippen LogP contribution in [0.15, 0.2) is 41.0 Å². The Bertz CT molecular complexity index is 632. The van der Waals surface area contributed by atoms with Gasteiger partial charge in [-0.05, 0) is 40.2 Å². The topological polar surface area (TPSA) is 86.5 Å². The second-order valence-electron chi connectivity index (χ2n) is 4.07. The number of nitrogens with two attached hydrogens (primary N) is 1.